The monoisotopic (exact) mass is 256 g/mol. The summed E-state index contributed by atoms with van der Waals surface area (Å²) in [5, 5.41) is 0. The van der Waals surface area contributed by atoms with Gasteiger partial charge in [0, 0.05) is 30.1 Å². The Balaban J connectivity index is 2.35. The van der Waals surface area contributed by atoms with E-state index in [2.05, 4.69) is 28.8 Å². The third-order valence-corrected chi connectivity index (χ3v) is 3.07. The van der Waals surface area contributed by atoms with Crippen molar-refractivity contribution in [1.29, 1.82) is 0 Å². The van der Waals surface area contributed by atoms with Crippen LogP contribution in [0.25, 0.3) is 11.3 Å². The molecule has 0 fully saturated rings. The maximum atomic E-state index is 5.78. The van der Waals surface area contributed by atoms with Crippen molar-refractivity contribution in [2.45, 2.75) is 27.2 Å². The van der Waals surface area contributed by atoms with Gasteiger partial charge in [-0.3, -0.25) is 4.98 Å². The minimum atomic E-state index is 0.0172. The second-order valence-corrected chi connectivity index (χ2v) is 5.59. The van der Waals surface area contributed by atoms with Crippen LogP contribution in [0, 0.1) is 12.3 Å². The highest BCUT2D eigenvalue weighted by molar-refractivity contribution is 5.58. The second kappa shape index (κ2) is 5.45. The number of aromatic nitrogens is 3. The van der Waals surface area contributed by atoms with Gasteiger partial charge in [-0.25, -0.2) is 9.97 Å². The molecular formula is C15H20N4. The zero-order valence-corrected chi connectivity index (χ0v) is 11.7. The Kier molecular flexibility index (Phi) is 3.90. The first-order valence-electron chi connectivity index (χ1n) is 6.45. The number of pyridine rings is 1. The van der Waals surface area contributed by atoms with Crippen LogP contribution in [0.4, 0.5) is 0 Å². The lowest BCUT2D eigenvalue weighted by atomic mass is 9.89. The molecule has 0 saturated heterocycles. The largest absolute Gasteiger partial charge is 0.330 e. The lowest BCUT2D eigenvalue weighted by Crippen LogP contribution is -2.27. The van der Waals surface area contributed by atoms with Crippen molar-refractivity contribution in [2.24, 2.45) is 11.1 Å². The first-order chi connectivity index (χ1) is 9.00. The maximum Gasteiger partial charge on any atom is 0.129 e. The lowest BCUT2D eigenvalue weighted by molar-refractivity contribution is 0.367. The summed E-state index contributed by atoms with van der Waals surface area (Å²) in [4.78, 5) is 13.2. The summed E-state index contributed by atoms with van der Waals surface area (Å²) < 4.78 is 0. The average Bonchev–Trinajstić information content (AvgIpc) is 2.38. The van der Waals surface area contributed by atoms with Crippen molar-refractivity contribution in [1.82, 2.24) is 15.0 Å². The van der Waals surface area contributed by atoms with Crippen LogP contribution in [-0.2, 0) is 6.42 Å². The summed E-state index contributed by atoms with van der Waals surface area (Å²) in [6.45, 7) is 6.87. The quantitative estimate of drug-likeness (QED) is 0.912. The van der Waals surface area contributed by atoms with Crippen LogP contribution in [0.15, 0.2) is 30.6 Å². The van der Waals surface area contributed by atoms with E-state index in [-0.39, 0.29) is 5.41 Å². The van der Waals surface area contributed by atoms with Crippen LogP contribution < -0.4 is 5.73 Å². The van der Waals surface area contributed by atoms with Gasteiger partial charge in [0.2, 0.25) is 0 Å². The van der Waals surface area contributed by atoms with Crippen molar-refractivity contribution in [3.63, 3.8) is 0 Å². The molecule has 4 nitrogen and oxygen atoms in total. The van der Waals surface area contributed by atoms with Gasteiger partial charge in [0.25, 0.3) is 0 Å². The SMILES string of the molecule is Cc1cc(-c2ccncc2)nc(CC(C)(C)CN)n1. The zero-order chi connectivity index (χ0) is 13.9. The number of nitrogens with two attached hydrogens (primary N) is 1. The van der Waals surface area contributed by atoms with E-state index >= 15 is 0 Å². The fourth-order valence-electron chi connectivity index (χ4n) is 1.88. The van der Waals surface area contributed by atoms with Gasteiger partial charge in [-0.15, -0.1) is 0 Å². The molecule has 4 heteroatoms. The summed E-state index contributed by atoms with van der Waals surface area (Å²) in [5.74, 6) is 0.849. The van der Waals surface area contributed by atoms with Crippen molar-refractivity contribution in [3.8, 4) is 11.3 Å². The first-order valence-corrected chi connectivity index (χ1v) is 6.45. The van der Waals surface area contributed by atoms with E-state index in [1.54, 1.807) is 12.4 Å². The normalized spacial score (nSPS) is 11.6. The number of rotatable bonds is 4. The molecule has 2 aromatic rings. The molecule has 0 radical (unpaired) electrons. The molecule has 0 amide bonds. The third kappa shape index (κ3) is 3.58. The van der Waals surface area contributed by atoms with E-state index in [0.29, 0.717) is 6.54 Å². The Morgan fingerprint density at radius 3 is 2.47 bits per heavy atom. The van der Waals surface area contributed by atoms with Crippen LogP contribution >= 0.6 is 0 Å². The minimum Gasteiger partial charge on any atom is -0.330 e. The van der Waals surface area contributed by atoms with Gasteiger partial charge in [-0.05, 0) is 37.1 Å². The number of aryl methyl sites for hydroxylation is 1. The molecule has 19 heavy (non-hydrogen) atoms. The van der Waals surface area contributed by atoms with E-state index in [0.717, 1.165) is 29.2 Å². The highest BCUT2D eigenvalue weighted by Crippen LogP contribution is 2.21. The topological polar surface area (TPSA) is 64.7 Å². The molecule has 0 saturated carbocycles. The predicted molar refractivity (Wildman–Crippen MR) is 76.5 cm³/mol. The fourth-order valence-corrected chi connectivity index (χ4v) is 1.88. The van der Waals surface area contributed by atoms with E-state index < -0.39 is 0 Å². The molecule has 0 aliphatic heterocycles. The Hall–Kier alpha value is -1.81. The van der Waals surface area contributed by atoms with Crippen molar-refractivity contribution in [2.75, 3.05) is 6.54 Å². The molecule has 0 atom stereocenters. The van der Waals surface area contributed by atoms with E-state index in [1.165, 1.54) is 0 Å². The Bertz CT molecular complexity index is 549. The summed E-state index contributed by atoms with van der Waals surface area (Å²) in [6.07, 6.45) is 4.33. The van der Waals surface area contributed by atoms with Gasteiger partial charge in [0.1, 0.15) is 5.82 Å². The highest BCUT2D eigenvalue weighted by atomic mass is 14.9. The molecule has 0 unspecified atom stereocenters. The molecule has 0 spiro atoms. The predicted octanol–water partition coefficient (Wildman–Crippen LogP) is 2.37. The standard InChI is InChI=1S/C15H20N4/c1-11-8-13(12-4-6-17-7-5-12)19-14(18-11)9-15(2,3)10-16/h4-8H,9-10,16H2,1-3H3. The average molecular weight is 256 g/mol. The molecule has 2 N–H and O–H groups in total. The molecule has 2 rings (SSSR count). The molecule has 0 bridgehead atoms. The lowest BCUT2D eigenvalue weighted by Gasteiger charge is -2.21. The number of hydrogen-bond acceptors (Lipinski definition) is 4. The molecule has 0 aromatic carbocycles. The van der Waals surface area contributed by atoms with E-state index in [4.69, 9.17) is 5.73 Å². The summed E-state index contributed by atoms with van der Waals surface area (Å²) in [6, 6.07) is 5.91. The van der Waals surface area contributed by atoms with Crippen molar-refractivity contribution >= 4 is 0 Å². The zero-order valence-electron chi connectivity index (χ0n) is 11.7. The maximum absolute atomic E-state index is 5.78. The second-order valence-electron chi connectivity index (χ2n) is 5.59. The third-order valence-electron chi connectivity index (χ3n) is 3.07. The Morgan fingerprint density at radius 1 is 1.16 bits per heavy atom. The van der Waals surface area contributed by atoms with Crippen LogP contribution in [0.5, 0.6) is 0 Å². The molecule has 0 aliphatic rings. The van der Waals surface area contributed by atoms with E-state index in [1.807, 2.05) is 25.1 Å². The molecule has 2 heterocycles. The van der Waals surface area contributed by atoms with Gasteiger partial charge < -0.3 is 5.73 Å². The van der Waals surface area contributed by atoms with Crippen LogP contribution in [-0.4, -0.2) is 21.5 Å². The molecule has 100 valence electrons. The van der Waals surface area contributed by atoms with Crippen LogP contribution in [0.2, 0.25) is 0 Å². The van der Waals surface area contributed by atoms with Crippen LogP contribution in [0.3, 0.4) is 0 Å². The fraction of sp³-hybridized carbons (Fsp3) is 0.400. The van der Waals surface area contributed by atoms with Crippen molar-refractivity contribution < 1.29 is 0 Å². The van der Waals surface area contributed by atoms with Gasteiger partial charge >= 0.3 is 0 Å². The van der Waals surface area contributed by atoms with Gasteiger partial charge in [-0.1, -0.05) is 13.8 Å². The van der Waals surface area contributed by atoms with Gasteiger partial charge in [-0.2, -0.15) is 0 Å². The Morgan fingerprint density at radius 2 is 1.84 bits per heavy atom. The number of hydrogen-bond donors (Lipinski definition) is 1. The highest BCUT2D eigenvalue weighted by Gasteiger charge is 2.18. The minimum absolute atomic E-state index is 0.0172. The summed E-state index contributed by atoms with van der Waals surface area (Å²) in [5.41, 5.74) is 8.78. The van der Waals surface area contributed by atoms with Crippen molar-refractivity contribution in [3.05, 3.63) is 42.1 Å². The summed E-state index contributed by atoms with van der Waals surface area (Å²) >= 11 is 0. The number of nitrogens with zero attached hydrogens (tertiary/aromatic N) is 3. The summed E-state index contributed by atoms with van der Waals surface area (Å²) in [7, 11) is 0. The molecule has 2 aromatic heterocycles. The Labute approximate surface area is 114 Å². The van der Waals surface area contributed by atoms with Gasteiger partial charge in [0.05, 0.1) is 5.69 Å². The van der Waals surface area contributed by atoms with Crippen LogP contribution in [0.1, 0.15) is 25.4 Å². The smallest absolute Gasteiger partial charge is 0.129 e. The molecular weight excluding hydrogens is 236 g/mol. The van der Waals surface area contributed by atoms with E-state index in [9.17, 15) is 0 Å². The first kappa shape index (κ1) is 13.6. The van der Waals surface area contributed by atoms with Gasteiger partial charge in [0.15, 0.2) is 0 Å². The molecule has 0 aliphatic carbocycles.